The zero-order chi connectivity index (χ0) is 22.9. The Morgan fingerprint density at radius 2 is 1.59 bits per heavy atom. The lowest BCUT2D eigenvalue weighted by molar-refractivity contribution is 0.0967. The molecule has 0 unspecified atom stereocenters. The van der Waals surface area contributed by atoms with Gasteiger partial charge in [-0.3, -0.25) is 20.4 Å². The minimum atomic E-state index is -0.683. The summed E-state index contributed by atoms with van der Waals surface area (Å²) in [7, 11) is 1.49. The van der Waals surface area contributed by atoms with Crippen LogP contribution < -0.4 is 20.9 Å². The van der Waals surface area contributed by atoms with Gasteiger partial charge in [-0.15, -0.1) is 0 Å². The zero-order valence-electron chi connectivity index (χ0n) is 16.9. The fraction of sp³-hybridized carbons (Fsp3) is 0.0435. The summed E-state index contributed by atoms with van der Waals surface area (Å²) in [6.07, 6.45) is 1.49. The van der Waals surface area contributed by atoms with E-state index >= 15 is 0 Å². The third kappa shape index (κ3) is 6.49. The first-order valence-corrected chi connectivity index (χ1v) is 10.1. The minimum absolute atomic E-state index is 0.209. The van der Waals surface area contributed by atoms with Crippen molar-refractivity contribution in [3.8, 4) is 5.75 Å². The van der Waals surface area contributed by atoms with Gasteiger partial charge in [-0.05, 0) is 48.5 Å². The third-order valence-corrected chi connectivity index (χ3v) is 4.72. The molecule has 0 spiro atoms. The average Bonchev–Trinajstić information content (AvgIpc) is 2.78. The Bertz CT molecular complexity index is 1120. The van der Waals surface area contributed by atoms with Gasteiger partial charge in [0.1, 0.15) is 17.7 Å². The molecule has 0 aliphatic carbocycles. The molecule has 3 aromatic rings. The van der Waals surface area contributed by atoms with Crippen molar-refractivity contribution in [2.24, 2.45) is 0 Å². The lowest BCUT2D eigenvalue weighted by Gasteiger charge is -2.10. The van der Waals surface area contributed by atoms with Gasteiger partial charge in [0.25, 0.3) is 5.91 Å². The molecule has 0 atom stereocenters. The molecule has 3 aromatic carbocycles. The number of halogens is 2. The van der Waals surface area contributed by atoms with Crippen LogP contribution in [0.25, 0.3) is 5.70 Å². The van der Waals surface area contributed by atoms with E-state index in [1.165, 1.54) is 19.4 Å². The molecule has 3 amide bonds. The minimum Gasteiger partial charge on any atom is -0.463 e. The molecule has 0 saturated heterocycles. The van der Waals surface area contributed by atoms with Gasteiger partial charge in [-0.2, -0.15) is 0 Å². The molecule has 9 heteroatoms. The normalized spacial score (nSPS) is 10.9. The maximum Gasteiger partial charge on any atom is 0.326 e. The SMILES string of the molecule is CONC(=COc1ccc(NC(=O)NC(=O)c2ccccc2Cl)cc1)c1ccc(Cl)cc1. The molecule has 32 heavy (non-hydrogen) atoms. The molecule has 0 saturated carbocycles. The van der Waals surface area contributed by atoms with E-state index in [1.807, 2.05) is 12.1 Å². The number of rotatable bonds is 7. The number of nitrogens with one attached hydrogen (secondary N) is 3. The quantitative estimate of drug-likeness (QED) is 0.313. The number of urea groups is 1. The van der Waals surface area contributed by atoms with Crippen molar-refractivity contribution >= 4 is 46.5 Å². The first-order chi connectivity index (χ1) is 15.5. The number of hydroxylamine groups is 1. The van der Waals surface area contributed by atoms with Gasteiger partial charge in [0.2, 0.25) is 0 Å². The number of carbonyl (C=O) groups excluding carboxylic acids is 2. The number of ether oxygens (including phenoxy) is 1. The molecule has 0 heterocycles. The highest BCUT2D eigenvalue weighted by Crippen LogP contribution is 2.20. The van der Waals surface area contributed by atoms with Crippen LogP contribution in [0.1, 0.15) is 15.9 Å². The first kappa shape index (κ1) is 23.1. The predicted molar refractivity (Wildman–Crippen MR) is 125 cm³/mol. The summed E-state index contributed by atoms with van der Waals surface area (Å²) in [4.78, 5) is 29.2. The Balaban J connectivity index is 1.59. The molecule has 0 aliphatic heterocycles. The van der Waals surface area contributed by atoms with Crippen LogP contribution in [0.4, 0.5) is 10.5 Å². The molecule has 0 radical (unpaired) electrons. The highest BCUT2D eigenvalue weighted by atomic mass is 35.5. The largest absolute Gasteiger partial charge is 0.463 e. The van der Waals surface area contributed by atoms with E-state index in [4.69, 9.17) is 32.8 Å². The van der Waals surface area contributed by atoms with Crippen LogP contribution in [-0.4, -0.2) is 19.0 Å². The Labute approximate surface area is 194 Å². The lowest BCUT2D eigenvalue weighted by Crippen LogP contribution is -2.34. The summed E-state index contributed by atoms with van der Waals surface area (Å²) < 4.78 is 5.67. The van der Waals surface area contributed by atoms with E-state index in [0.717, 1.165) is 5.56 Å². The van der Waals surface area contributed by atoms with Crippen molar-refractivity contribution in [2.75, 3.05) is 12.4 Å². The fourth-order valence-corrected chi connectivity index (χ4v) is 2.96. The fourth-order valence-electron chi connectivity index (χ4n) is 2.61. The molecule has 0 fully saturated rings. The topological polar surface area (TPSA) is 88.7 Å². The highest BCUT2D eigenvalue weighted by Gasteiger charge is 2.13. The summed E-state index contributed by atoms with van der Waals surface area (Å²) in [6.45, 7) is 0. The number of carbonyl (C=O) groups is 2. The Morgan fingerprint density at radius 3 is 2.25 bits per heavy atom. The van der Waals surface area contributed by atoms with E-state index in [1.54, 1.807) is 54.6 Å². The lowest BCUT2D eigenvalue weighted by atomic mass is 10.2. The number of imide groups is 1. The predicted octanol–water partition coefficient (Wildman–Crippen LogP) is 5.48. The number of benzene rings is 3. The second kappa shape index (κ2) is 11.2. The summed E-state index contributed by atoms with van der Waals surface area (Å²) in [6, 6.07) is 19.5. The average molecular weight is 472 g/mol. The molecule has 3 rings (SSSR count). The Kier molecular flexibility index (Phi) is 8.10. The summed E-state index contributed by atoms with van der Waals surface area (Å²) in [5.41, 5.74) is 4.83. The monoisotopic (exact) mass is 471 g/mol. The molecule has 0 bridgehead atoms. The molecule has 164 valence electrons. The second-order valence-corrected chi connectivity index (χ2v) is 7.22. The van der Waals surface area contributed by atoms with Crippen molar-refractivity contribution in [1.29, 1.82) is 0 Å². The smallest absolute Gasteiger partial charge is 0.326 e. The van der Waals surface area contributed by atoms with Gasteiger partial charge in [-0.1, -0.05) is 47.5 Å². The van der Waals surface area contributed by atoms with Crippen LogP contribution in [0.5, 0.6) is 5.75 Å². The van der Waals surface area contributed by atoms with Gasteiger partial charge in [0, 0.05) is 16.3 Å². The molecular formula is C23H19Cl2N3O4. The van der Waals surface area contributed by atoms with Crippen molar-refractivity contribution in [3.05, 3.63) is 100 Å². The van der Waals surface area contributed by atoms with E-state index in [9.17, 15) is 9.59 Å². The number of amides is 3. The number of hydrogen-bond donors (Lipinski definition) is 3. The molecule has 7 nitrogen and oxygen atoms in total. The summed E-state index contributed by atoms with van der Waals surface area (Å²) >= 11 is 11.9. The van der Waals surface area contributed by atoms with Gasteiger partial charge in [0.05, 0.1) is 17.7 Å². The van der Waals surface area contributed by atoms with Crippen LogP contribution in [-0.2, 0) is 4.84 Å². The van der Waals surface area contributed by atoms with E-state index in [-0.39, 0.29) is 10.6 Å². The highest BCUT2D eigenvalue weighted by molar-refractivity contribution is 6.34. The van der Waals surface area contributed by atoms with Gasteiger partial charge >= 0.3 is 6.03 Å². The van der Waals surface area contributed by atoms with E-state index in [2.05, 4.69) is 16.1 Å². The van der Waals surface area contributed by atoms with Gasteiger partial charge < -0.3 is 10.1 Å². The van der Waals surface area contributed by atoms with E-state index < -0.39 is 11.9 Å². The van der Waals surface area contributed by atoms with Crippen LogP contribution in [0.2, 0.25) is 10.0 Å². The van der Waals surface area contributed by atoms with Crippen molar-refractivity contribution < 1.29 is 19.2 Å². The second-order valence-electron chi connectivity index (χ2n) is 6.37. The van der Waals surface area contributed by atoms with Crippen LogP contribution in [0, 0.1) is 0 Å². The van der Waals surface area contributed by atoms with Crippen molar-refractivity contribution in [3.63, 3.8) is 0 Å². The van der Waals surface area contributed by atoms with Crippen LogP contribution in [0.3, 0.4) is 0 Å². The standard InChI is InChI=1S/C23H19Cl2N3O4/c1-31-28-21(15-6-8-16(24)9-7-15)14-32-18-12-10-17(11-13-18)26-23(30)27-22(29)19-4-2-3-5-20(19)25/h2-14,28H,1H3,(H2,26,27,29,30). The summed E-state index contributed by atoms with van der Waals surface area (Å²) in [5, 5.41) is 5.68. The van der Waals surface area contributed by atoms with Crippen molar-refractivity contribution in [1.82, 2.24) is 10.8 Å². The Hall–Kier alpha value is -3.52. The maximum atomic E-state index is 12.2. The maximum absolute atomic E-state index is 12.2. The first-order valence-electron chi connectivity index (χ1n) is 9.35. The van der Waals surface area contributed by atoms with E-state index in [0.29, 0.717) is 22.2 Å². The number of hydrogen-bond acceptors (Lipinski definition) is 5. The molecular weight excluding hydrogens is 453 g/mol. The summed E-state index contributed by atoms with van der Waals surface area (Å²) in [5.74, 6) is -0.0777. The molecule has 0 aromatic heterocycles. The molecule has 3 N–H and O–H groups in total. The third-order valence-electron chi connectivity index (χ3n) is 4.14. The van der Waals surface area contributed by atoms with Crippen LogP contribution >= 0.6 is 23.2 Å². The van der Waals surface area contributed by atoms with Gasteiger partial charge in [-0.25, -0.2) is 4.79 Å². The van der Waals surface area contributed by atoms with Crippen LogP contribution in [0.15, 0.2) is 79.1 Å². The molecule has 0 aliphatic rings. The number of anilines is 1. The van der Waals surface area contributed by atoms with Crippen molar-refractivity contribution in [2.45, 2.75) is 0 Å². The Morgan fingerprint density at radius 1 is 0.906 bits per heavy atom. The van der Waals surface area contributed by atoms with Gasteiger partial charge in [0.15, 0.2) is 0 Å². The zero-order valence-corrected chi connectivity index (χ0v) is 18.4.